The number of rotatable bonds is 10. The van der Waals surface area contributed by atoms with Crippen molar-refractivity contribution in [1.29, 1.82) is 0 Å². The first kappa shape index (κ1) is 20.2. The van der Waals surface area contributed by atoms with Gasteiger partial charge in [-0.15, -0.1) is 11.8 Å². The number of esters is 1. The van der Waals surface area contributed by atoms with Crippen LogP contribution in [0.5, 0.6) is 11.5 Å². The number of nitrogens with zero attached hydrogens (tertiary/aromatic N) is 1. The van der Waals surface area contributed by atoms with Crippen LogP contribution in [0, 0.1) is 0 Å². The first-order valence-corrected chi connectivity index (χ1v) is 8.93. The van der Waals surface area contributed by atoms with E-state index in [1.807, 2.05) is 25.1 Å². The second-order valence-electron chi connectivity index (χ2n) is 4.90. The molecule has 0 saturated carbocycles. The first-order chi connectivity index (χ1) is 11.5. The second kappa shape index (κ2) is 10.8. The van der Waals surface area contributed by atoms with Crippen molar-refractivity contribution in [3.05, 3.63) is 23.8 Å². The SMILES string of the molecule is CCOC(=O)CSCC(=O)N(CC)Cc1ccc(OC)c(OC)c1. The Morgan fingerprint density at radius 3 is 2.38 bits per heavy atom. The predicted molar refractivity (Wildman–Crippen MR) is 94.6 cm³/mol. The van der Waals surface area contributed by atoms with Crippen LogP contribution in [0.1, 0.15) is 19.4 Å². The lowest BCUT2D eigenvalue weighted by Gasteiger charge is -2.21. The van der Waals surface area contributed by atoms with Gasteiger partial charge in [0.1, 0.15) is 0 Å². The standard InChI is InChI=1S/C17H25NO5S/c1-5-18(16(19)11-24-12-17(20)23-6-2)10-13-7-8-14(21-3)15(9-13)22-4/h7-9H,5-6,10-12H2,1-4H3. The van der Waals surface area contributed by atoms with E-state index in [-0.39, 0.29) is 23.4 Å². The zero-order chi connectivity index (χ0) is 17.9. The minimum Gasteiger partial charge on any atom is -0.493 e. The van der Waals surface area contributed by atoms with Gasteiger partial charge >= 0.3 is 5.97 Å². The van der Waals surface area contributed by atoms with E-state index in [2.05, 4.69) is 0 Å². The largest absolute Gasteiger partial charge is 0.493 e. The molecule has 1 rings (SSSR count). The molecule has 0 aliphatic carbocycles. The van der Waals surface area contributed by atoms with Crippen molar-refractivity contribution in [2.75, 3.05) is 38.9 Å². The van der Waals surface area contributed by atoms with Crippen molar-refractivity contribution >= 4 is 23.6 Å². The van der Waals surface area contributed by atoms with Crippen molar-refractivity contribution in [1.82, 2.24) is 4.90 Å². The van der Waals surface area contributed by atoms with Gasteiger partial charge in [-0.25, -0.2) is 0 Å². The molecule has 24 heavy (non-hydrogen) atoms. The molecule has 1 aromatic rings. The molecule has 134 valence electrons. The molecule has 0 aliphatic heterocycles. The van der Waals surface area contributed by atoms with Gasteiger partial charge in [0.05, 0.1) is 32.3 Å². The molecule has 0 heterocycles. The average molecular weight is 355 g/mol. The topological polar surface area (TPSA) is 65.1 Å². The maximum absolute atomic E-state index is 12.3. The van der Waals surface area contributed by atoms with Crippen LogP contribution in [0.25, 0.3) is 0 Å². The molecular formula is C17H25NO5S. The van der Waals surface area contributed by atoms with Crippen LogP contribution in [-0.4, -0.2) is 55.7 Å². The highest BCUT2D eigenvalue weighted by atomic mass is 32.2. The number of hydrogen-bond donors (Lipinski definition) is 0. The number of carbonyl (C=O) groups excluding carboxylic acids is 2. The smallest absolute Gasteiger partial charge is 0.315 e. The molecule has 1 aromatic carbocycles. The zero-order valence-electron chi connectivity index (χ0n) is 14.7. The molecule has 0 saturated heterocycles. The van der Waals surface area contributed by atoms with Crippen molar-refractivity contribution in [3.63, 3.8) is 0 Å². The van der Waals surface area contributed by atoms with Gasteiger partial charge in [0.25, 0.3) is 0 Å². The van der Waals surface area contributed by atoms with E-state index in [0.29, 0.717) is 31.2 Å². The van der Waals surface area contributed by atoms with Gasteiger partial charge in [-0.1, -0.05) is 6.07 Å². The molecule has 0 radical (unpaired) electrons. The molecule has 0 aromatic heterocycles. The summed E-state index contributed by atoms with van der Waals surface area (Å²) in [5.74, 6) is 1.42. The molecule has 0 N–H and O–H groups in total. The third-order valence-electron chi connectivity index (χ3n) is 3.31. The summed E-state index contributed by atoms with van der Waals surface area (Å²) in [6, 6.07) is 5.59. The van der Waals surface area contributed by atoms with Gasteiger partial charge in [-0.05, 0) is 31.5 Å². The summed E-state index contributed by atoms with van der Waals surface area (Å²) in [5, 5.41) is 0. The van der Waals surface area contributed by atoms with E-state index >= 15 is 0 Å². The number of methoxy groups -OCH3 is 2. The summed E-state index contributed by atoms with van der Waals surface area (Å²) in [4.78, 5) is 25.3. The molecule has 0 atom stereocenters. The van der Waals surface area contributed by atoms with Gasteiger partial charge in [-0.2, -0.15) is 0 Å². The van der Waals surface area contributed by atoms with Gasteiger partial charge in [0.2, 0.25) is 5.91 Å². The minimum atomic E-state index is -0.293. The monoisotopic (exact) mass is 355 g/mol. The van der Waals surface area contributed by atoms with Crippen LogP contribution >= 0.6 is 11.8 Å². The number of amides is 1. The van der Waals surface area contributed by atoms with Crippen LogP contribution in [0.15, 0.2) is 18.2 Å². The summed E-state index contributed by atoms with van der Waals surface area (Å²) in [6.45, 7) is 5.11. The third kappa shape index (κ3) is 6.31. The highest BCUT2D eigenvalue weighted by Gasteiger charge is 2.14. The van der Waals surface area contributed by atoms with Crippen LogP contribution in [0.4, 0.5) is 0 Å². The molecule has 1 amide bonds. The maximum atomic E-state index is 12.3. The van der Waals surface area contributed by atoms with E-state index in [0.717, 1.165) is 5.56 Å². The number of carbonyl (C=O) groups is 2. The van der Waals surface area contributed by atoms with Crippen molar-refractivity contribution < 1.29 is 23.8 Å². The molecule has 6 nitrogen and oxygen atoms in total. The molecule has 0 unspecified atom stereocenters. The lowest BCUT2D eigenvalue weighted by atomic mass is 10.2. The molecular weight excluding hydrogens is 330 g/mol. The Balaban J connectivity index is 2.60. The Morgan fingerprint density at radius 1 is 1.08 bits per heavy atom. The minimum absolute atomic E-state index is 0.0124. The highest BCUT2D eigenvalue weighted by Crippen LogP contribution is 2.28. The van der Waals surface area contributed by atoms with Crippen molar-refractivity contribution in [2.24, 2.45) is 0 Å². The molecule has 0 spiro atoms. The highest BCUT2D eigenvalue weighted by molar-refractivity contribution is 8.00. The van der Waals surface area contributed by atoms with E-state index in [9.17, 15) is 9.59 Å². The fourth-order valence-corrected chi connectivity index (χ4v) is 2.80. The van der Waals surface area contributed by atoms with E-state index < -0.39 is 0 Å². The van der Waals surface area contributed by atoms with Gasteiger partial charge in [-0.3, -0.25) is 9.59 Å². The summed E-state index contributed by atoms with van der Waals surface area (Å²) in [5.41, 5.74) is 0.957. The van der Waals surface area contributed by atoms with Crippen LogP contribution in [0.2, 0.25) is 0 Å². The first-order valence-electron chi connectivity index (χ1n) is 7.77. The van der Waals surface area contributed by atoms with Crippen molar-refractivity contribution in [2.45, 2.75) is 20.4 Å². The number of ether oxygens (including phenoxy) is 3. The summed E-state index contributed by atoms with van der Waals surface area (Å²) in [6.07, 6.45) is 0. The van der Waals surface area contributed by atoms with Crippen LogP contribution in [0.3, 0.4) is 0 Å². The summed E-state index contributed by atoms with van der Waals surface area (Å²) >= 11 is 1.27. The second-order valence-corrected chi connectivity index (χ2v) is 5.88. The Morgan fingerprint density at radius 2 is 1.79 bits per heavy atom. The zero-order valence-corrected chi connectivity index (χ0v) is 15.5. The number of hydrogen-bond acceptors (Lipinski definition) is 6. The third-order valence-corrected chi connectivity index (χ3v) is 4.20. The van der Waals surface area contributed by atoms with Crippen LogP contribution in [-0.2, 0) is 20.9 Å². The molecule has 0 fully saturated rings. The lowest BCUT2D eigenvalue weighted by molar-refractivity contribution is -0.139. The van der Waals surface area contributed by atoms with Gasteiger partial charge in [0.15, 0.2) is 11.5 Å². The van der Waals surface area contributed by atoms with E-state index in [1.54, 1.807) is 26.0 Å². The lowest BCUT2D eigenvalue weighted by Crippen LogP contribution is -2.32. The van der Waals surface area contributed by atoms with Gasteiger partial charge in [0, 0.05) is 13.1 Å². The average Bonchev–Trinajstić information content (AvgIpc) is 2.59. The predicted octanol–water partition coefficient (Wildman–Crippen LogP) is 2.35. The Bertz CT molecular complexity index is 550. The number of thioether (sulfide) groups is 1. The molecule has 0 bridgehead atoms. The number of benzene rings is 1. The van der Waals surface area contributed by atoms with Crippen LogP contribution < -0.4 is 9.47 Å². The molecule has 0 aliphatic rings. The quantitative estimate of drug-likeness (QED) is 0.600. The maximum Gasteiger partial charge on any atom is 0.315 e. The molecule has 7 heteroatoms. The Labute approximate surface area is 147 Å². The summed E-state index contributed by atoms with van der Waals surface area (Å²) < 4.78 is 15.3. The normalized spacial score (nSPS) is 10.2. The van der Waals surface area contributed by atoms with Crippen molar-refractivity contribution in [3.8, 4) is 11.5 Å². The summed E-state index contributed by atoms with van der Waals surface area (Å²) in [7, 11) is 3.16. The Hall–Kier alpha value is -1.89. The fraction of sp³-hybridized carbons (Fsp3) is 0.529. The fourth-order valence-electron chi connectivity index (χ4n) is 2.09. The van der Waals surface area contributed by atoms with E-state index in [4.69, 9.17) is 14.2 Å². The van der Waals surface area contributed by atoms with Gasteiger partial charge < -0.3 is 19.1 Å². The van der Waals surface area contributed by atoms with E-state index in [1.165, 1.54) is 11.8 Å². The Kier molecular flexibility index (Phi) is 9.07.